The maximum atomic E-state index is 14.0. The summed E-state index contributed by atoms with van der Waals surface area (Å²) in [6.07, 6.45) is 2.90. The second kappa shape index (κ2) is 13.8. The summed E-state index contributed by atoms with van der Waals surface area (Å²) in [5, 5.41) is 15.3. The number of rotatable bonds is 8. The molecule has 2 amide bonds. The highest BCUT2D eigenvalue weighted by Gasteiger charge is 2.42. The molecule has 2 aromatic carbocycles. The largest absolute Gasteiger partial charge is 0.481 e. The number of ether oxygens (including phenoxy) is 1. The minimum Gasteiger partial charge on any atom is -0.481 e. The Morgan fingerprint density at radius 1 is 1.08 bits per heavy atom. The summed E-state index contributed by atoms with van der Waals surface area (Å²) in [5.74, 6) is -1.64. The number of methoxy groups -OCH3 is 1. The van der Waals surface area contributed by atoms with E-state index in [0.717, 1.165) is 11.4 Å². The number of aliphatic carboxylic acids is 1. The molecule has 7 rings (SSSR count). The number of benzene rings is 2. The molecular formula is C34H35ClFN7O5S. The molecule has 49 heavy (non-hydrogen) atoms. The molecule has 12 nitrogen and oxygen atoms in total. The van der Waals surface area contributed by atoms with E-state index in [4.69, 9.17) is 21.3 Å². The molecule has 2 N–H and O–H groups in total. The van der Waals surface area contributed by atoms with Crippen molar-refractivity contribution >= 4 is 58.1 Å². The van der Waals surface area contributed by atoms with E-state index >= 15 is 0 Å². The smallest absolute Gasteiger partial charge is 0.338 e. The molecule has 0 saturated carbocycles. The van der Waals surface area contributed by atoms with Crippen LogP contribution in [0.3, 0.4) is 0 Å². The SMILES string of the molecule is COC(=O)C1=C(CN2CCN3C(=O)N(c4ccc(N5CCC(C(=O)O)CC5)cc4)C[C@@H]3C2)NC(c2nccs2)=NC1c1ccc(F)cc1Cl. The summed E-state index contributed by atoms with van der Waals surface area (Å²) in [5.41, 5.74) is 3.14. The second-order valence-corrected chi connectivity index (χ2v) is 13.8. The molecule has 4 aliphatic rings. The topological polar surface area (TPSA) is 131 Å². The summed E-state index contributed by atoms with van der Waals surface area (Å²) >= 11 is 7.89. The van der Waals surface area contributed by atoms with E-state index in [1.165, 1.54) is 36.6 Å². The van der Waals surface area contributed by atoms with Gasteiger partial charge in [-0.3, -0.25) is 19.6 Å². The molecule has 0 aliphatic carbocycles. The van der Waals surface area contributed by atoms with E-state index in [9.17, 15) is 23.9 Å². The fraction of sp³-hybridized carbons (Fsp3) is 0.382. The number of carboxylic acids is 1. The van der Waals surface area contributed by atoms with Crippen LogP contribution in [0.25, 0.3) is 0 Å². The van der Waals surface area contributed by atoms with E-state index in [1.807, 2.05) is 34.5 Å². The van der Waals surface area contributed by atoms with Crippen LogP contribution in [0.2, 0.25) is 5.02 Å². The number of thiazole rings is 1. The molecule has 0 bridgehead atoms. The second-order valence-electron chi connectivity index (χ2n) is 12.5. The number of hydrogen-bond acceptors (Lipinski definition) is 10. The van der Waals surface area contributed by atoms with Crippen molar-refractivity contribution < 1.29 is 28.6 Å². The number of carboxylic acid groups (broad SMARTS) is 1. The number of piperidine rings is 1. The van der Waals surface area contributed by atoms with Crippen LogP contribution in [-0.2, 0) is 14.3 Å². The standard InChI is InChI=1S/C34H35ClFN7O5S/c1-48-33(46)28-27(38-30(31-37-10-15-49-31)39-29(28)25-7-2-21(36)16-26(25)35)19-40-13-14-42-24(17-40)18-43(34(42)47)23-5-3-22(4-6-23)41-11-8-20(9-12-41)32(44)45/h2-7,10,15-16,20,24,29H,8-9,11-14,17-19H2,1H3,(H,38,39)(H,44,45)/t24-,29?/m0/s1. The Balaban J connectivity index is 1.09. The lowest BCUT2D eigenvalue weighted by Gasteiger charge is -2.38. The van der Waals surface area contributed by atoms with Gasteiger partial charge in [-0.15, -0.1) is 11.3 Å². The van der Waals surface area contributed by atoms with E-state index in [0.29, 0.717) is 80.8 Å². The first-order valence-corrected chi connectivity index (χ1v) is 17.3. The first-order chi connectivity index (χ1) is 23.7. The zero-order chi connectivity index (χ0) is 34.2. The van der Waals surface area contributed by atoms with Crippen LogP contribution in [0, 0.1) is 11.7 Å². The average molecular weight is 708 g/mol. The monoisotopic (exact) mass is 707 g/mol. The van der Waals surface area contributed by atoms with Gasteiger partial charge < -0.3 is 25.0 Å². The van der Waals surface area contributed by atoms with Crippen LogP contribution in [0.1, 0.15) is 29.5 Å². The highest BCUT2D eigenvalue weighted by molar-refractivity contribution is 7.11. The first kappa shape index (κ1) is 33.0. The number of fused-ring (bicyclic) bond motifs is 1. The number of nitrogens with zero attached hydrogens (tertiary/aromatic N) is 6. The number of urea groups is 1. The lowest BCUT2D eigenvalue weighted by atomic mass is 9.95. The van der Waals surface area contributed by atoms with Crippen LogP contribution >= 0.6 is 22.9 Å². The lowest BCUT2D eigenvalue weighted by molar-refractivity contribution is -0.142. The number of amidine groups is 1. The minimum atomic E-state index is -0.855. The number of amides is 2. The van der Waals surface area contributed by atoms with Crippen molar-refractivity contribution in [3.63, 3.8) is 0 Å². The molecule has 3 saturated heterocycles. The number of piperazine rings is 1. The van der Waals surface area contributed by atoms with Gasteiger partial charge in [0.2, 0.25) is 0 Å². The van der Waals surface area contributed by atoms with Gasteiger partial charge in [0.25, 0.3) is 0 Å². The number of carbonyl (C=O) groups is 3. The van der Waals surface area contributed by atoms with Gasteiger partial charge in [-0.2, -0.15) is 0 Å². The van der Waals surface area contributed by atoms with Crippen molar-refractivity contribution in [3.8, 4) is 0 Å². The Morgan fingerprint density at radius 2 is 1.84 bits per heavy atom. The quantitative estimate of drug-likeness (QED) is 0.328. The van der Waals surface area contributed by atoms with Crippen LogP contribution in [0.4, 0.5) is 20.6 Å². The lowest BCUT2D eigenvalue weighted by Crippen LogP contribution is -2.53. The molecule has 3 aromatic rings. The minimum absolute atomic E-state index is 0.0471. The molecule has 0 spiro atoms. The molecule has 256 valence electrons. The molecule has 0 radical (unpaired) electrons. The summed E-state index contributed by atoms with van der Waals surface area (Å²) < 4.78 is 19.2. The van der Waals surface area contributed by atoms with Gasteiger partial charge in [0.1, 0.15) is 11.9 Å². The third-order valence-corrected chi connectivity index (χ3v) is 10.7. The van der Waals surface area contributed by atoms with Crippen LogP contribution < -0.4 is 15.1 Å². The fourth-order valence-electron chi connectivity index (χ4n) is 7.05. The summed E-state index contributed by atoms with van der Waals surface area (Å²) in [6, 6.07) is 10.9. The zero-order valence-electron chi connectivity index (χ0n) is 26.7. The van der Waals surface area contributed by atoms with Crippen LogP contribution in [0.15, 0.2) is 70.3 Å². The summed E-state index contributed by atoms with van der Waals surface area (Å²) in [6.45, 7) is 3.88. The van der Waals surface area contributed by atoms with Gasteiger partial charge in [0.05, 0.1) is 24.6 Å². The van der Waals surface area contributed by atoms with Gasteiger partial charge in [0.15, 0.2) is 10.8 Å². The summed E-state index contributed by atoms with van der Waals surface area (Å²) in [7, 11) is 1.31. The Hall–Kier alpha value is -4.53. The Labute approximate surface area is 291 Å². The van der Waals surface area contributed by atoms with Crippen LogP contribution in [-0.4, -0.2) is 103 Å². The first-order valence-electron chi connectivity index (χ1n) is 16.1. The number of hydrogen-bond donors (Lipinski definition) is 2. The Kier molecular flexibility index (Phi) is 9.27. The molecule has 2 atom stereocenters. The predicted octanol–water partition coefficient (Wildman–Crippen LogP) is 4.38. The summed E-state index contributed by atoms with van der Waals surface area (Å²) in [4.78, 5) is 55.5. The number of anilines is 2. The number of esters is 1. The Morgan fingerprint density at radius 3 is 2.51 bits per heavy atom. The maximum absolute atomic E-state index is 14.0. The fourth-order valence-corrected chi connectivity index (χ4v) is 7.91. The van der Waals surface area contributed by atoms with Crippen molar-refractivity contribution in [2.45, 2.75) is 24.9 Å². The van der Waals surface area contributed by atoms with E-state index in [-0.39, 0.29) is 28.6 Å². The number of aromatic nitrogens is 1. The highest BCUT2D eigenvalue weighted by Crippen LogP contribution is 2.37. The molecular weight excluding hydrogens is 673 g/mol. The molecule has 1 unspecified atom stereocenters. The number of halogens is 2. The van der Waals surface area contributed by atoms with Crippen molar-refractivity contribution in [2.24, 2.45) is 10.9 Å². The van der Waals surface area contributed by atoms with E-state index < -0.39 is 23.8 Å². The Bertz CT molecular complexity index is 1810. The van der Waals surface area contributed by atoms with Gasteiger partial charge in [-0.1, -0.05) is 17.7 Å². The van der Waals surface area contributed by atoms with E-state index in [2.05, 4.69) is 20.1 Å². The number of carbonyl (C=O) groups excluding carboxylic acids is 2. The molecule has 5 heterocycles. The van der Waals surface area contributed by atoms with Crippen molar-refractivity contribution in [2.75, 3.05) is 62.7 Å². The van der Waals surface area contributed by atoms with Gasteiger partial charge in [0, 0.05) is 85.0 Å². The maximum Gasteiger partial charge on any atom is 0.338 e. The number of aliphatic imine (C=N–C) groups is 1. The van der Waals surface area contributed by atoms with Crippen molar-refractivity contribution in [1.29, 1.82) is 0 Å². The molecule has 1 aromatic heterocycles. The normalized spacial score (nSPS) is 21.8. The van der Waals surface area contributed by atoms with Gasteiger partial charge >= 0.3 is 18.0 Å². The van der Waals surface area contributed by atoms with Crippen LogP contribution in [0.5, 0.6) is 0 Å². The third-order valence-electron chi connectivity index (χ3n) is 9.61. The number of nitrogens with one attached hydrogen (secondary N) is 1. The zero-order valence-corrected chi connectivity index (χ0v) is 28.3. The average Bonchev–Trinajstić information content (AvgIpc) is 3.76. The molecule has 15 heteroatoms. The third kappa shape index (κ3) is 6.59. The van der Waals surface area contributed by atoms with Crippen molar-refractivity contribution in [1.82, 2.24) is 20.1 Å². The highest BCUT2D eigenvalue weighted by atomic mass is 35.5. The molecule has 3 fully saturated rings. The molecule has 4 aliphatic heterocycles. The predicted molar refractivity (Wildman–Crippen MR) is 184 cm³/mol. The van der Waals surface area contributed by atoms with Gasteiger partial charge in [-0.05, 0) is 49.2 Å². The van der Waals surface area contributed by atoms with E-state index in [1.54, 1.807) is 11.1 Å². The van der Waals surface area contributed by atoms with Crippen molar-refractivity contribution in [3.05, 3.63) is 86.7 Å². The van der Waals surface area contributed by atoms with Gasteiger partial charge in [-0.25, -0.2) is 19.0 Å².